The number of imide groups is 1. The van der Waals surface area contributed by atoms with Crippen molar-refractivity contribution in [1.82, 2.24) is 0 Å². The van der Waals surface area contributed by atoms with E-state index in [-0.39, 0.29) is 5.70 Å². The van der Waals surface area contributed by atoms with E-state index in [1.54, 1.807) is 18.2 Å². The highest BCUT2D eigenvalue weighted by atomic mass is 32.1. The summed E-state index contributed by atoms with van der Waals surface area (Å²) in [4.78, 5) is 29.0. The van der Waals surface area contributed by atoms with Crippen LogP contribution in [0.3, 0.4) is 0 Å². The van der Waals surface area contributed by atoms with Gasteiger partial charge in [-0.1, -0.05) is 32.0 Å². The summed E-state index contributed by atoms with van der Waals surface area (Å²) in [6.45, 7) is 4.25. The number of carbonyl (C=O) groups is 2. The summed E-state index contributed by atoms with van der Waals surface area (Å²) < 4.78 is 10.7. The summed E-state index contributed by atoms with van der Waals surface area (Å²) >= 11 is 1.41. The number of carbonyl (C=O) groups excluding carboxylic acids is 2. The van der Waals surface area contributed by atoms with Crippen molar-refractivity contribution in [2.24, 2.45) is 0 Å². The Labute approximate surface area is 191 Å². The van der Waals surface area contributed by atoms with Gasteiger partial charge in [-0.2, -0.15) is 0 Å². The van der Waals surface area contributed by atoms with E-state index in [2.05, 4.69) is 19.2 Å². The second kappa shape index (κ2) is 8.88. The lowest BCUT2D eigenvalue weighted by molar-refractivity contribution is -0.120. The van der Waals surface area contributed by atoms with E-state index in [9.17, 15) is 9.59 Å². The molecule has 164 valence electrons. The first-order chi connectivity index (χ1) is 15.4. The number of hydrogen-bond donors (Lipinski definition) is 1. The number of amides is 2. The highest BCUT2D eigenvalue weighted by Gasteiger charge is 2.42. The Balaban J connectivity index is 1.78. The molecule has 1 aliphatic heterocycles. The van der Waals surface area contributed by atoms with Gasteiger partial charge in [-0.25, -0.2) is 4.90 Å². The van der Waals surface area contributed by atoms with Crippen molar-refractivity contribution in [2.45, 2.75) is 19.8 Å². The molecule has 0 radical (unpaired) electrons. The number of ether oxygens (including phenoxy) is 2. The normalized spacial score (nSPS) is 13.8. The molecule has 2 aromatic carbocycles. The molecule has 0 unspecified atom stereocenters. The molecule has 32 heavy (non-hydrogen) atoms. The van der Waals surface area contributed by atoms with Crippen molar-refractivity contribution in [3.63, 3.8) is 0 Å². The number of thiophene rings is 1. The number of hydrogen-bond acceptors (Lipinski definition) is 6. The molecule has 2 heterocycles. The smallest absolute Gasteiger partial charge is 0.282 e. The average Bonchev–Trinajstić information content (AvgIpc) is 3.40. The number of nitrogens with one attached hydrogen (secondary N) is 1. The van der Waals surface area contributed by atoms with Crippen LogP contribution in [-0.4, -0.2) is 26.0 Å². The molecule has 1 aliphatic rings. The van der Waals surface area contributed by atoms with E-state index < -0.39 is 11.8 Å². The summed E-state index contributed by atoms with van der Waals surface area (Å²) in [5, 5.41) is 5.07. The van der Waals surface area contributed by atoms with Gasteiger partial charge in [0.15, 0.2) is 0 Å². The molecular weight excluding hydrogens is 424 g/mol. The Bertz CT molecular complexity index is 1180. The average molecular weight is 449 g/mol. The zero-order valence-electron chi connectivity index (χ0n) is 18.3. The van der Waals surface area contributed by atoms with Crippen LogP contribution in [0.5, 0.6) is 11.5 Å². The summed E-state index contributed by atoms with van der Waals surface area (Å²) in [7, 11) is 3.03. The Morgan fingerprint density at radius 2 is 1.69 bits per heavy atom. The Morgan fingerprint density at radius 3 is 2.28 bits per heavy atom. The lowest BCUT2D eigenvalue weighted by Crippen LogP contribution is -2.32. The van der Waals surface area contributed by atoms with Crippen LogP contribution < -0.4 is 19.7 Å². The van der Waals surface area contributed by atoms with Gasteiger partial charge in [0, 0.05) is 16.6 Å². The number of methoxy groups -OCH3 is 2. The maximum Gasteiger partial charge on any atom is 0.282 e. The molecule has 0 spiro atoms. The van der Waals surface area contributed by atoms with Gasteiger partial charge in [0.25, 0.3) is 11.8 Å². The van der Waals surface area contributed by atoms with Crippen LogP contribution >= 0.6 is 11.3 Å². The van der Waals surface area contributed by atoms with Crippen LogP contribution in [0.15, 0.2) is 65.7 Å². The topological polar surface area (TPSA) is 67.9 Å². The largest absolute Gasteiger partial charge is 0.497 e. The zero-order valence-corrected chi connectivity index (χ0v) is 19.2. The van der Waals surface area contributed by atoms with E-state index >= 15 is 0 Å². The van der Waals surface area contributed by atoms with Crippen molar-refractivity contribution in [3.05, 3.63) is 76.1 Å². The molecule has 1 N–H and O–H groups in total. The molecule has 3 aromatic rings. The highest BCUT2D eigenvalue weighted by Crippen LogP contribution is 2.40. The summed E-state index contributed by atoms with van der Waals surface area (Å²) in [5.74, 6) is 0.462. The van der Waals surface area contributed by atoms with Crippen molar-refractivity contribution in [2.75, 3.05) is 24.4 Å². The molecule has 0 saturated heterocycles. The van der Waals surface area contributed by atoms with Gasteiger partial charge in [-0.15, -0.1) is 11.3 Å². The van der Waals surface area contributed by atoms with Gasteiger partial charge in [0.05, 0.1) is 25.5 Å². The molecule has 0 bridgehead atoms. The van der Waals surface area contributed by atoms with E-state index in [1.165, 1.54) is 31.1 Å². The predicted octanol–water partition coefficient (Wildman–Crippen LogP) is 5.29. The molecule has 4 rings (SSSR count). The zero-order chi connectivity index (χ0) is 22.8. The molecule has 0 saturated carbocycles. The van der Waals surface area contributed by atoms with Crippen LogP contribution in [0.4, 0.5) is 11.4 Å². The lowest BCUT2D eigenvalue weighted by atomic mass is 10.0. The van der Waals surface area contributed by atoms with E-state index in [1.807, 2.05) is 41.8 Å². The maximum atomic E-state index is 13.6. The van der Waals surface area contributed by atoms with Crippen molar-refractivity contribution in [3.8, 4) is 11.5 Å². The maximum absolute atomic E-state index is 13.6. The lowest BCUT2D eigenvalue weighted by Gasteiger charge is -2.19. The molecule has 2 amide bonds. The van der Waals surface area contributed by atoms with Gasteiger partial charge in [-0.3, -0.25) is 9.59 Å². The minimum Gasteiger partial charge on any atom is -0.497 e. The SMILES string of the molecule is COc1ccc(OC)c(N2C(=O)C(Nc3ccc(C(C)C)cc3)=C(c3cccs3)C2=O)c1. The quantitative estimate of drug-likeness (QED) is 0.498. The fourth-order valence-electron chi connectivity index (χ4n) is 3.58. The monoisotopic (exact) mass is 448 g/mol. The minimum atomic E-state index is -0.446. The van der Waals surface area contributed by atoms with Gasteiger partial charge < -0.3 is 14.8 Å². The van der Waals surface area contributed by atoms with Crippen LogP contribution in [0, 0.1) is 0 Å². The summed E-state index contributed by atoms with van der Waals surface area (Å²) in [5.41, 5.74) is 2.84. The standard InChI is InChI=1S/C25H24N2O4S/c1-15(2)16-7-9-17(10-8-16)26-23-22(21-6-5-13-32-21)24(28)27(25(23)29)19-14-18(30-3)11-12-20(19)31-4/h5-15,26H,1-4H3. The van der Waals surface area contributed by atoms with Crippen LogP contribution in [0.2, 0.25) is 0 Å². The first kappa shape index (κ1) is 21.6. The number of anilines is 2. The van der Waals surface area contributed by atoms with Crippen LogP contribution in [-0.2, 0) is 9.59 Å². The Morgan fingerprint density at radius 1 is 0.938 bits per heavy atom. The first-order valence-electron chi connectivity index (χ1n) is 10.2. The third-order valence-corrected chi connectivity index (χ3v) is 6.21. The first-order valence-corrected chi connectivity index (χ1v) is 11.1. The number of nitrogens with zero attached hydrogens (tertiary/aromatic N) is 1. The number of rotatable bonds is 7. The van der Waals surface area contributed by atoms with E-state index in [4.69, 9.17) is 9.47 Å². The predicted molar refractivity (Wildman–Crippen MR) is 127 cm³/mol. The van der Waals surface area contributed by atoms with Crippen molar-refractivity contribution >= 4 is 40.1 Å². The molecule has 0 fully saturated rings. The van der Waals surface area contributed by atoms with E-state index in [0.29, 0.717) is 33.6 Å². The van der Waals surface area contributed by atoms with Gasteiger partial charge in [0.1, 0.15) is 17.2 Å². The summed E-state index contributed by atoms with van der Waals surface area (Å²) in [6.07, 6.45) is 0. The molecule has 6 nitrogen and oxygen atoms in total. The minimum absolute atomic E-state index is 0.236. The fourth-order valence-corrected chi connectivity index (χ4v) is 4.35. The van der Waals surface area contributed by atoms with Gasteiger partial charge in [0.2, 0.25) is 0 Å². The van der Waals surface area contributed by atoms with Crippen molar-refractivity contribution < 1.29 is 19.1 Å². The van der Waals surface area contributed by atoms with Gasteiger partial charge in [-0.05, 0) is 47.2 Å². The molecule has 0 aliphatic carbocycles. The second-order valence-electron chi connectivity index (χ2n) is 7.61. The fraction of sp³-hybridized carbons (Fsp3) is 0.200. The Hall–Kier alpha value is -3.58. The summed E-state index contributed by atoms with van der Waals surface area (Å²) in [6, 6.07) is 16.6. The van der Waals surface area contributed by atoms with Crippen LogP contribution in [0.25, 0.3) is 5.57 Å². The second-order valence-corrected chi connectivity index (χ2v) is 8.56. The molecule has 0 atom stereocenters. The highest BCUT2D eigenvalue weighted by molar-refractivity contribution is 7.11. The van der Waals surface area contributed by atoms with Crippen LogP contribution in [0.1, 0.15) is 30.2 Å². The van der Waals surface area contributed by atoms with Gasteiger partial charge >= 0.3 is 0 Å². The third kappa shape index (κ3) is 3.87. The Kier molecular flexibility index (Phi) is 6.01. The molecule has 1 aromatic heterocycles. The molecular formula is C25H24N2O4S. The van der Waals surface area contributed by atoms with E-state index in [0.717, 1.165) is 10.6 Å². The third-order valence-electron chi connectivity index (χ3n) is 5.33. The van der Waals surface area contributed by atoms with Crippen molar-refractivity contribution in [1.29, 1.82) is 0 Å². The molecule has 7 heteroatoms. The number of benzene rings is 2.